The summed E-state index contributed by atoms with van der Waals surface area (Å²) < 4.78 is 32.5. The predicted octanol–water partition coefficient (Wildman–Crippen LogP) is 13.0. The van der Waals surface area contributed by atoms with Crippen LogP contribution >= 0.6 is 0 Å². The van der Waals surface area contributed by atoms with Gasteiger partial charge in [-0.05, 0) is 83.5 Å². The first-order chi connectivity index (χ1) is 26.3. The monoisotopic (exact) mass is 770 g/mol. The summed E-state index contributed by atoms with van der Waals surface area (Å²) in [5.41, 5.74) is 0. The molecule has 2 atom stereocenters. The Morgan fingerprint density at radius 2 is 0.907 bits per heavy atom. The van der Waals surface area contributed by atoms with Crippen molar-refractivity contribution in [1.29, 1.82) is 0 Å². The zero-order valence-corrected chi connectivity index (χ0v) is 35.1. The number of aliphatic hydroxyl groups excluding tert-OH is 1. The molecule has 3 N–H and O–H groups in total. The highest BCUT2D eigenvalue weighted by molar-refractivity contribution is 7.85. The lowest BCUT2D eigenvalue weighted by Gasteiger charge is -2.21. The molecule has 0 spiro atoms. The standard InChI is InChI=1S/C47H79NO5S/c1-3-5-7-9-11-13-15-17-19-21-23-24-25-27-29-31-33-35-37-39-41-43-47(50)48-45(44-54(51,52)53)46(49)42-40-38-36-34-32-30-28-26-22-20-18-16-14-12-10-8-6-4-2/h5,7,11,13,17,19,23-24,27,29,32-35,40,42,45-46,49H,3-4,6,8-10,12,14-16,18,20-22,25-26,28,30-31,36-39,41,43-44H2,1-2H3,(H,48,50)(H,51,52,53)/b7-5-,13-11-,19-17-,24-23-,29-27-,34-32+,35-33-,42-40+. The Morgan fingerprint density at radius 1 is 0.519 bits per heavy atom. The summed E-state index contributed by atoms with van der Waals surface area (Å²) in [6.45, 7) is 4.41. The van der Waals surface area contributed by atoms with Crippen LogP contribution in [-0.4, -0.2) is 41.9 Å². The fourth-order valence-electron chi connectivity index (χ4n) is 5.82. The molecule has 7 heteroatoms. The van der Waals surface area contributed by atoms with Gasteiger partial charge < -0.3 is 10.4 Å². The molecule has 0 aliphatic carbocycles. The quantitative estimate of drug-likeness (QED) is 0.0332. The van der Waals surface area contributed by atoms with E-state index in [0.717, 1.165) is 64.2 Å². The molecule has 6 nitrogen and oxygen atoms in total. The van der Waals surface area contributed by atoms with Gasteiger partial charge in [-0.1, -0.05) is 182 Å². The number of hydrogen-bond donors (Lipinski definition) is 3. The molecule has 308 valence electrons. The number of hydrogen-bond acceptors (Lipinski definition) is 4. The molecule has 0 heterocycles. The van der Waals surface area contributed by atoms with Gasteiger partial charge in [0, 0.05) is 6.42 Å². The maximum absolute atomic E-state index is 12.5. The highest BCUT2D eigenvalue weighted by Crippen LogP contribution is 2.13. The van der Waals surface area contributed by atoms with E-state index in [0.29, 0.717) is 12.8 Å². The third-order valence-electron chi connectivity index (χ3n) is 8.99. The Kier molecular flexibility index (Phi) is 37.9. The lowest BCUT2D eigenvalue weighted by atomic mass is 10.0. The summed E-state index contributed by atoms with van der Waals surface area (Å²) in [7, 11) is -4.38. The Hall–Kier alpha value is -2.74. The fourth-order valence-corrected chi connectivity index (χ4v) is 6.55. The molecule has 0 radical (unpaired) electrons. The number of rotatable bonds is 37. The van der Waals surface area contributed by atoms with Crippen LogP contribution in [0.25, 0.3) is 0 Å². The molecule has 54 heavy (non-hydrogen) atoms. The van der Waals surface area contributed by atoms with Crippen LogP contribution in [0, 0.1) is 0 Å². The second kappa shape index (κ2) is 39.9. The van der Waals surface area contributed by atoms with Gasteiger partial charge >= 0.3 is 0 Å². The normalized spacial score (nSPS) is 14.2. The molecule has 2 unspecified atom stereocenters. The minimum atomic E-state index is -4.38. The number of aliphatic hydroxyl groups is 1. The van der Waals surface area contributed by atoms with Gasteiger partial charge in [0.05, 0.1) is 17.9 Å². The van der Waals surface area contributed by atoms with Gasteiger partial charge in [-0.2, -0.15) is 8.42 Å². The van der Waals surface area contributed by atoms with Gasteiger partial charge in [-0.15, -0.1) is 0 Å². The molecular formula is C47H79NO5S. The van der Waals surface area contributed by atoms with Gasteiger partial charge in [0.1, 0.15) is 0 Å². The van der Waals surface area contributed by atoms with Crippen molar-refractivity contribution in [2.45, 2.75) is 187 Å². The summed E-state index contributed by atoms with van der Waals surface area (Å²) in [6.07, 6.45) is 59.7. The van der Waals surface area contributed by atoms with Gasteiger partial charge in [-0.3, -0.25) is 9.35 Å². The van der Waals surface area contributed by atoms with E-state index in [1.54, 1.807) is 6.08 Å². The zero-order valence-electron chi connectivity index (χ0n) is 34.3. The van der Waals surface area contributed by atoms with Crippen molar-refractivity contribution in [3.05, 3.63) is 97.2 Å². The molecule has 1 amide bonds. The number of carbonyl (C=O) groups is 1. The van der Waals surface area contributed by atoms with E-state index in [-0.39, 0.29) is 12.3 Å². The predicted molar refractivity (Wildman–Crippen MR) is 234 cm³/mol. The third kappa shape index (κ3) is 40.4. The van der Waals surface area contributed by atoms with E-state index in [1.807, 2.05) is 0 Å². The van der Waals surface area contributed by atoms with Crippen molar-refractivity contribution in [3.8, 4) is 0 Å². The molecule has 0 saturated heterocycles. The Labute approximate surface area is 332 Å². The molecule has 0 aromatic rings. The molecule has 0 fully saturated rings. The van der Waals surface area contributed by atoms with Gasteiger partial charge in [-0.25, -0.2) is 0 Å². The zero-order chi connectivity index (χ0) is 39.6. The number of unbranched alkanes of at least 4 members (excludes halogenated alkanes) is 15. The topological polar surface area (TPSA) is 104 Å². The fraction of sp³-hybridized carbons (Fsp3) is 0.638. The number of allylic oxidation sites excluding steroid dienone is 15. The minimum absolute atomic E-state index is 0.227. The number of amides is 1. The average Bonchev–Trinajstić information content (AvgIpc) is 3.14. The largest absolute Gasteiger partial charge is 0.387 e. The number of nitrogens with one attached hydrogen (secondary N) is 1. The lowest BCUT2D eigenvalue weighted by molar-refractivity contribution is -0.122. The smallest absolute Gasteiger partial charge is 0.267 e. The van der Waals surface area contributed by atoms with E-state index in [1.165, 1.54) is 83.1 Å². The summed E-state index contributed by atoms with van der Waals surface area (Å²) >= 11 is 0. The Morgan fingerprint density at radius 3 is 1.39 bits per heavy atom. The summed E-state index contributed by atoms with van der Waals surface area (Å²) in [5.74, 6) is -1.07. The molecule has 0 aliphatic heterocycles. The molecular weight excluding hydrogens is 691 g/mol. The van der Waals surface area contributed by atoms with E-state index in [9.17, 15) is 22.9 Å². The second-order valence-electron chi connectivity index (χ2n) is 14.2. The van der Waals surface area contributed by atoms with Crippen LogP contribution < -0.4 is 5.32 Å². The van der Waals surface area contributed by atoms with E-state index >= 15 is 0 Å². The second-order valence-corrected chi connectivity index (χ2v) is 15.7. The van der Waals surface area contributed by atoms with Crippen LogP contribution in [0.15, 0.2) is 97.2 Å². The van der Waals surface area contributed by atoms with Crippen molar-refractivity contribution in [3.63, 3.8) is 0 Å². The maximum atomic E-state index is 12.5. The minimum Gasteiger partial charge on any atom is -0.387 e. The van der Waals surface area contributed by atoms with Gasteiger partial charge in [0.25, 0.3) is 10.1 Å². The van der Waals surface area contributed by atoms with E-state index in [4.69, 9.17) is 0 Å². The third-order valence-corrected chi connectivity index (χ3v) is 9.77. The summed E-state index contributed by atoms with van der Waals surface area (Å²) in [5, 5.41) is 13.2. The first kappa shape index (κ1) is 51.3. The van der Waals surface area contributed by atoms with Crippen LogP contribution in [0.2, 0.25) is 0 Å². The van der Waals surface area contributed by atoms with E-state index < -0.39 is 28.0 Å². The van der Waals surface area contributed by atoms with Crippen molar-refractivity contribution in [1.82, 2.24) is 5.32 Å². The van der Waals surface area contributed by atoms with Crippen LogP contribution in [0.5, 0.6) is 0 Å². The molecule has 0 aromatic heterocycles. The first-order valence-electron chi connectivity index (χ1n) is 21.4. The van der Waals surface area contributed by atoms with Crippen molar-refractivity contribution in [2.75, 3.05) is 5.75 Å². The highest BCUT2D eigenvalue weighted by atomic mass is 32.2. The Bertz CT molecular complexity index is 1210. The lowest BCUT2D eigenvalue weighted by Crippen LogP contribution is -2.46. The van der Waals surface area contributed by atoms with Crippen molar-refractivity contribution < 1.29 is 22.9 Å². The van der Waals surface area contributed by atoms with Gasteiger partial charge in [0.15, 0.2) is 0 Å². The van der Waals surface area contributed by atoms with Crippen LogP contribution in [0.1, 0.15) is 174 Å². The van der Waals surface area contributed by atoms with Crippen LogP contribution in [-0.2, 0) is 14.9 Å². The number of carbonyl (C=O) groups excluding carboxylic acids is 1. The van der Waals surface area contributed by atoms with Crippen LogP contribution in [0.4, 0.5) is 0 Å². The average molecular weight is 770 g/mol. The first-order valence-corrected chi connectivity index (χ1v) is 23.0. The highest BCUT2D eigenvalue weighted by Gasteiger charge is 2.24. The molecule has 0 aromatic carbocycles. The van der Waals surface area contributed by atoms with Gasteiger partial charge in [0.2, 0.25) is 5.91 Å². The van der Waals surface area contributed by atoms with Crippen molar-refractivity contribution >= 4 is 16.0 Å². The van der Waals surface area contributed by atoms with Crippen molar-refractivity contribution in [2.24, 2.45) is 0 Å². The molecule has 0 aliphatic rings. The van der Waals surface area contributed by atoms with E-state index in [2.05, 4.69) is 104 Å². The SMILES string of the molecule is CC/C=C\C/C=C\C/C=C\C/C=C\C/C=C\C/C=C\CCCCC(=O)NC(CS(=O)(=O)O)C(O)/C=C/CC/C=C/CCCCCCCCCCCCCC. The summed E-state index contributed by atoms with van der Waals surface area (Å²) in [6, 6.07) is -1.10. The molecule has 0 saturated carbocycles. The summed E-state index contributed by atoms with van der Waals surface area (Å²) in [4.78, 5) is 12.5. The Balaban J connectivity index is 4.08. The van der Waals surface area contributed by atoms with Crippen LogP contribution in [0.3, 0.4) is 0 Å². The maximum Gasteiger partial charge on any atom is 0.267 e. The molecule has 0 bridgehead atoms. The molecule has 0 rings (SSSR count).